The number of carbonyl (C=O) groups excluding carboxylic acids is 1. The molecule has 0 N–H and O–H groups in total. The standard InChI is InChI=1S/C11H15NO/c1-2-6-11-7-3-4-9-12(11)10(13)5-8-11/h2-4H,1,5-9H2/t11-/m1/s1. The van der Waals surface area contributed by atoms with E-state index in [2.05, 4.69) is 18.7 Å². The molecule has 13 heavy (non-hydrogen) atoms. The number of fused-ring (bicyclic) bond motifs is 1. The lowest BCUT2D eigenvalue weighted by atomic mass is 9.86. The van der Waals surface area contributed by atoms with Gasteiger partial charge >= 0.3 is 0 Å². The molecule has 0 spiro atoms. The predicted molar refractivity (Wildman–Crippen MR) is 52.2 cm³/mol. The highest BCUT2D eigenvalue weighted by atomic mass is 16.2. The first-order valence-corrected chi connectivity index (χ1v) is 4.85. The predicted octanol–water partition coefficient (Wildman–Crippen LogP) is 1.88. The van der Waals surface area contributed by atoms with Crippen molar-refractivity contribution in [2.75, 3.05) is 6.54 Å². The average molecular weight is 177 g/mol. The van der Waals surface area contributed by atoms with Gasteiger partial charge in [-0.25, -0.2) is 0 Å². The summed E-state index contributed by atoms with van der Waals surface area (Å²) in [7, 11) is 0. The van der Waals surface area contributed by atoms with Crippen molar-refractivity contribution in [1.82, 2.24) is 4.90 Å². The molecular formula is C11H15NO. The molecule has 0 saturated carbocycles. The molecule has 0 bridgehead atoms. The van der Waals surface area contributed by atoms with E-state index in [-0.39, 0.29) is 5.54 Å². The van der Waals surface area contributed by atoms with E-state index in [1.807, 2.05) is 11.0 Å². The van der Waals surface area contributed by atoms with Crippen LogP contribution in [-0.2, 0) is 4.79 Å². The third-order valence-electron chi connectivity index (χ3n) is 3.15. The van der Waals surface area contributed by atoms with Crippen LogP contribution in [0.15, 0.2) is 24.8 Å². The molecule has 1 fully saturated rings. The minimum absolute atomic E-state index is 0.0909. The highest BCUT2D eigenvalue weighted by Gasteiger charge is 2.43. The van der Waals surface area contributed by atoms with Crippen LogP contribution in [0, 0.1) is 0 Å². The van der Waals surface area contributed by atoms with Gasteiger partial charge in [0.2, 0.25) is 5.91 Å². The van der Waals surface area contributed by atoms with Crippen molar-refractivity contribution >= 4 is 5.91 Å². The third-order valence-corrected chi connectivity index (χ3v) is 3.15. The first-order chi connectivity index (χ1) is 6.28. The molecule has 2 heterocycles. The lowest BCUT2D eigenvalue weighted by Gasteiger charge is -2.39. The Kier molecular flexibility index (Phi) is 1.98. The summed E-state index contributed by atoms with van der Waals surface area (Å²) in [5.41, 5.74) is 0.0909. The summed E-state index contributed by atoms with van der Waals surface area (Å²) in [5.74, 6) is 0.311. The van der Waals surface area contributed by atoms with Gasteiger partial charge in [0, 0.05) is 13.0 Å². The zero-order valence-electron chi connectivity index (χ0n) is 7.83. The van der Waals surface area contributed by atoms with E-state index in [4.69, 9.17) is 0 Å². The summed E-state index contributed by atoms with van der Waals surface area (Å²) < 4.78 is 0. The molecular weight excluding hydrogens is 162 g/mol. The second-order valence-corrected chi connectivity index (χ2v) is 3.90. The van der Waals surface area contributed by atoms with Gasteiger partial charge < -0.3 is 4.90 Å². The molecule has 70 valence electrons. The summed E-state index contributed by atoms with van der Waals surface area (Å²) in [5, 5.41) is 0. The van der Waals surface area contributed by atoms with Gasteiger partial charge in [-0.05, 0) is 19.3 Å². The maximum absolute atomic E-state index is 11.5. The minimum Gasteiger partial charge on any atom is -0.333 e. The van der Waals surface area contributed by atoms with Crippen molar-refractivity contribution < 1.29 is 4.79 Å². The van der Waals surface area contributed by atoms with Gasteiger partial charge in [-0.3, -0.25) is 4.79 Å². The van der Waals surface area contributed by atoms with Gasteiger partial charge in [0.1, 0.15) is 0 Å². The second kappa shape index (κ2) is 3.02. The summed E-state index contributed by atoms with van der Waals surface area (Å²) >= 11 is 0. The Hall–Kier alpha value is -1.05. The van der Waals surface area contributed by atoms with E-state index in [9.17, 15) is 4.79 Å². The Morgan fingerprint density at radius 3 is 3.23 bits per heavy atom. The Balaban J connectivity index is 2.27. The number of hydrogen-bond donors (Lipinski definition) is 0. The molecule has 0 unspecified atom stereocenters. The molecule has 0 aromatic rings. The van der Waals surface area contributed by atoms with Crippen LogP contribution in [0.5, 0.6) is 0 Å². The number of hydrogen-bond acceptors (Lipinski definition) is 1. The molecule has 0 aliphatic carbocycles. The zero-order valence-corrected chi connectivity index (χ0v) is 7.83. The van der Waals surface area contributed by atoms with Gasteiger partial charge in [-0.2, -0.15) is 0 Å². The molecule has 2 aliphatic rings. The molecule has 2 aliphatic heterocycles. The van der Waals surface area contributed by atoms with Crippen LogP contribution in [0.3, 0.4) is 0 Å². The SMILES string of the molecule is C=CC[C@]12CC=CCN1C(=O)CC2. The molecule has 2 heteroatoms. The largest absolute Gasteiger partial charge is 0.333 e. The summed E-state index contributed by atoms with van der Waals surface area (Å²) in [6, 6.07) is 0. The van der Waals surface area contributed by atoms with Gasteiger partial charge in [0.05, 0.1) is 5.54 Å². The van der Waals surface area contributed by atoms with E-state index in [1.165, 1.54) is 0 Å². The van der Waals surface area contributed by atoms with Crippen LogP contribution < -0.4 is 0 Å². The lowest BCUT2D eigenvalue weighted by Crippen LogP contribution is -2.46. The van der Waals surface area contributed by atoms with E-state index >= 15 is 0 Å². The lowest BCUT2D eigenvalue weighted by molar-refractivity contribution is -0.130. The summed E-state index contributed by atoms with van der Waals surface area (Å²) in [6.45, 7) is 4.57. The fourth-order valence-corrected chi connectivity index (χ4v) is 2.43. The van der Waals surface area contributed by atoms with Crippen LogP contribution >= 0.6 is 0 Å². The first kappa shape index (κ1) is 8.54. The summed E-state index contributed by atoms with van der Waals surface area (Å²) in [6.07, 6.45) is 9.87. The van der Waals surface area contributed by atoms with Crippen molar-refractivity contribution in [2.24, 2.45) is 0 Å². The van der Waals surface area contributed by atoms with Crippen molar-refractivity contribution in [3.05, 3.63) is 24.8 Å². The Labute approximate surface area is 78.9 Å². The third kappa shape index (κ3) is 1.21. The van der Waals surface area contributed by atoms with E-state index < -0.39 is 0 Å². The van der Waals surface area contributed by atoms with Crippen molar-refractivity contribution in [2.45, 2.75) is 31.2 Å². The van der Waals surface area contributed by atoms with Crippen LogP contribution in [0.4, 0.5) is 0 Å². The Morgan fingerprint density at radius 2 is 2.46 bits per heavy atom. The van der Waals surface area contributed by atoms with Gasteiger partial charge in [-0.15, -0.1) is 6.58 Å². The number of amides is 1. The van der Waals surface area contributed by atoms with Crippen molar-refractivity contribution in [3.63, 3.8) is 0 Å². The molecule has 1 atom stereocenters. The van der Waals surface area contributed by atoms with Gasteiger partial charge in [-0.1, -0.05) is 18.2 Å². The van der Waals surface area contributed by atoms with Crippen LogP contribution in [-0.4, -0.2) is 22.9 Å². The fourth-order valence-electron chi connectivity index (χ4n) is 2.43. The van der Waals surface area contributed by atoms with Crippen LogP contribution in [0.25, 0.3) is 0 Å². The average Bonchev–Trinajstić information content (AvgIpc) is 2.46. The first-order valence-electron chi connectivity index (χ1n) is 4.85. The molecule has 2 nitrogen and oxygen atoms in total. The maximum Gasteiger partial charge on any atom is 0.223 e. The van der Waals surface area contributed by atoms with Crippen molar-refractivity contribution in [3.8, 4) is 0 Å². The molecule has 0 aromatic carbocycles. The van der Waals surface area contributed by atoms with Crippen molar-refractivity contribution in [1.29, 1.82) is 0 Å². The molecule has 1 amide bonds. The van der Waals surface area contributed by atoms with Crippen LogP contribution in [0.1, 0.15) is 25.7 Å². The molecule has 0 aromatic heterocycles. The van der Waals surface area contributed by atoms with E-state index in [0.29, 0.717) is 5.91 Å². The van der Waals surface area contributed by atoms with E-state index in [0.717, 1.165) is 32.2 Å². The van der Waals surface area contributed by atoms with Gasteiger partial charge in [0.25, 0.3) is 0 Å². The monoisotopic (exact) mass is 177 g/mol. The zero-order chi connectivity index (χ0) is 9.31. The minimum atomic E-state index is 0.0909. The van der Waals surface area contributed by atoms with E-state index in [1.54, 1.807) is 0 Å². The number of carbonyl (C=O) groups is 1. The Morgan fingerprint density at radius 1 is 1.62 bits per heavy atom. The number of nitrogens with zero attached hydrogens (tertiary/aromatic N) is 1. The summed E-state index contributed by atoms with van der Waals surface area (Å²) in [4.78, 5) is 13.6. The molecule has 2 rings (SSSR count). The Bertz CT molecular complexity index is 269. The van der Waals surface area contributed by atoms with Gasteiger partial charge in [0.15, 0.2) is 0 Å². The smallest absolute Gasteiger partial charge is 0.223 e. The highest BCUT2D eigenvalue weighted by molar-refractivity contribution is 5.80. The number of rotatable bonds is 2. The maximum atomic E-state index is 11.5. The fraction of sp³-hybridized carbons (Fsp3) is 0.545. The topological polar surface area (TPSA) is 20.3 Å². The second-order valence-electron chi connectivity index (χ2n) is 3.90. The molecule has 0 radical (unpaired) electrons. The quantitative estimate of drug-likeness (QED) is 0.590. The highest BCUT2D eigenvalue weighted by Crippen LogP contribution is 2.38. The molecule has 1 saturated heterocycles. The van der Waals surface area contributed by atoms with Crippen LogP contribution in [0.2, 0.25) is 0 Å². The normalized spacial score (nSPS) is 32.0.